The van der Waals surface area contributed by atoms with Crippen molar-refractivity contribution in [1.29, 1.82) is 0 Å². The lowest BCUT2D eigenvalue weighted by atomic mass is 10.2. The van der Waals surface area contributed by atoms with E-state index in [1.165, 1.54) is 0 Å². The predicted octanol–water partition coefficient (Wildman–Crippen LogP) is 0.323. The standard InChI is InChI=1S/C12H19N3O/c13-7-4-8-15(12(16)9-14)10-11-5-2-1-3-6-11/h1-3,5-6H,4,7-10,13-14H2. The lowest BCUT2D eigenvalue weighted by Gasteiger charge is -2.21. The zero-order valence-corrected chi connectivity index (χ0v) is 9.43. The van der Waals surface area contributed by atoms with E-state index in [1.807, 2.05) is 30.3 Å². The van der Waals surface area contributed by atoms with Crippen LogP contribution in [0.25, 0.3) is 0 Å². The zero-order chi connectivity index (χ0) is 11.8. The summed E-state index contributed by atoms with van der Waals surface area (Å²) in [5, 5.41) is 0. The van der Waals surface area contributed by atoms with Crippen molar-refractivity contribution >= 4 is 5.91 Å². The van der Waals surface area contributed by atoms with Crippen LogP contribution in [0.15, 0.2) is 30.3 Å². The lowest BCUT2D eigenvalue weighted by molar-refractivity contribution is -0.130. The van der Waals surface area contributed by atoms with Gasteiger partial charge in [0.1, 0.15) is 0 Å². The van der Waals surface area contributed by atoms with Crippen LogP contribution in [0.2, 0.25) is 0 Å². The predicted molar refractivity (Wildman–Crippen MR) is 64.6 cm³/mol. The molecule has 1 amide bonds. The first-order valence-electron chi connectivity index (χ1n) is 5.49. The van der Waals surface area contributed by atoms with Gasteiger partial charge in [-0.2, -0.15) is 0 Å². The normalized spacial score (nSPS) is 10.1. The van der Waals surface area contributed by atoms with Gasteiger partial charge in [-0.3, -0.25) is 4.79 Å². The van der Waals surface area contributed by atoms with Crippen LogP contribution in [-0.2, 0) is 11.3 Å². The van der Waals surface area contributed by atoms with Crippen molar-refractivity contribution in [1.82, 2.24) is 4.90 Å². The first-order valence-corrected chi connectivity index (χ1v) is 5.49. The molecule has 0 fully saturated rings. The van der Waals surface area contributed by atoms with E-state index < -0.39 is 0 Å². The number of hydrogen-bond acceptors (Lipinski definition) is 3. The zero-order valence-electron chi connectivity index (χ0n) is 9.43. The SMILES string of the molecule is NCCCN(Cc1ccccc1)C(=O)CN. The Morgan fingerprint density at radius 3 is 2.44 bits per heavy atom. The van der Waals surface area contributed by atoms with Gasteiger partial charge in [0.15, 0.2) is 0 Å². The molecule has 0 aliphatic heterocycles. The highest BCUT2D eigenvalue weighted by Crippen LogP contribution is 2.04. The maximum Gasteiger partial charge on any atom is 0.236 e. The summed E-state index contributed by atoms with van der Waals surface area (Å²) in [6, 6.07) is 9.88. The van der Waals surface area contributed by atoms with E-state index in [1.54, 1.807) is 4.90 Å². The van der Waals surface area contributed by atoms with Gasteiger partial charge in [-0.15, -0.1) is 0 Å². The molecule has 4 heteroatoms. The minimum atomic E-state index is -0.0303. The molecule has 1 aromatic rings. The monoisotopic (exact) mass is 221 g/mol. The lowest BCUT2D eigenvalue weighted by Crippen LogP contribution is -2.36. The molecule has 0 saturated carbocycles. The quantitative estimate of drug-likeness (QED) is 0.726. The molecular formula is C12H19N3O. The molecule has 0 heterocycles. The molecule has 0 atom stereocenters. The summed E-state index contributed by atoms with van der Waals surface area (Å²) in [6.45, 7) is 1.92. The Kier molecular flexibility index (Phi) is 5.53. The van der Waals surface area contributed by atoms with Crippen molar-refractivity contribution in [3.05, 3.63) is 35.9 Å². The first-order chi connectivity index (χ1) is 7.77. The van der Waals surface area contributed by atoms with E-state index in [4.69, 9.17) is 11.5 Å². The summed E-state index contributed by atoms with van der Waals surface area (Å²) in [5.41, 5.74) is 11.9. The Morgan fingerprint density at radius 2 is 1.88 bits per heavy atom. The molecule has 16 heavy (non-hydrogen) atoms. The maximum absolute atomic E-state index is 11.6. The van der Waals surface area contributed by atoms with Crippen molar-refractivity contribution in [3.8, 4) is 0 Å². The number of benzene rings is 1. The summed E-state index contributed by atoms with van der Waals surface area (Å²) in [5.74, 6) is -0.0303. The molecule has 1 aromatic carbocycles. The highest BCUT2D eigenvalue weighted by molar-refractivity contribution is 5.78. The van der Waals surface area contributed by atoms with Gasteiger partial charge in [0.25, 0.3) is 0 Å². The van der Waals surface area contributed by atoms with Gasteiger partial charge < -0.3 is 16.4 Å². The van der Waals surface area contributed by atoms with Gasteiger partial charge in [0.05, 0.1) is 6.54 Å². The number of hydrogen-bond donors (Lipinski definition) is 2. The van der Waals surface area contributed by atoms with Gasteiger partial charge in [0.2, 0.25) is 5.91 Å². The van der Waals surface area contributed by atoms with Crippen molar-refractivity contribution in [3.63, 3.8) is 0 Å². The summed E-state index contributed by atoms with van der Waals surface area (Å²) in [6.07, 6.45) is 0.804. The van der Waals surface area contributed by atoms with Gasteiger partial charge in [-0.1, -0.05) is 30.3 Å². The third kappa shape index (κ3) is 4.00. The van der Waals surface area contributed by atoms with E-state index in [0.29, 0.717) is 19.6 Å². The van der Waals surface area contributed by atoms with E-state index >= 15 is 0 Å². The Bertz CT molecular complexity index is 313. The molecule has 0 radical (unpaired) electrons. The van der Waals surface area contributed by atoms with E-state index in [9.17, 15) is 4.79 Å². The number of carbonyl (C=O) groups excluding carboxylic acids is 1. The smallest absolute Gasteiger partial charge is 0.236 e. The molecule has 88 valence electrons. The van der Waals surface area contributed by atoms with Crippen LogP contribution in [-0.4, -0.2) is 30.4 Å². The minimum Gasteiger partial charge on any atom is -0.337 e. The molecule has 0 aliphatic carbocycles. The number of amides is 1. The second-order valence-corrected chi connectivity index (χ2v) is 3.65. The maximum atomic E-state index is 11.6. The average Bonchev–Trinajstić information content (AvgIpc) is 2.34. The van der Waals surface area contributed by atoms with Crippen LogP contribution in [0, 0.1) is 0 Å². The van der Waals surface area contributed by atoms with E-state index in [0.717, 1.165) is 12.0 Å². The Balaban J connectivity index is 2.59. The molecule has 0 spiro atoms. The van der Waals surface area contributed by atoms with Gasteiger partial charge in [-0.05, 0) is 18.5 Å². The van der Waals surface area contributed by atoms with Crippen LogP contribution >= 0.6 is 0 Å². The fraction of sp³-hybridized carbons (Fsp3) is 0.417. The molecule has 4 nitrogen and oxygen atoms in total. The van der Waals surface area contributed by atoms with Crippen LogP contribution in [0.5, 0.6) is 0 Å². The van der Waals surface area contributed by atoms with Gasteiger partial charge in [0, 0.05) is 13.1 Å². The van der Waals surface area contributed by atoms with Crippen LogP contribution in [0.1, 0.15) is 12.0 Å². The summed E-state index contributed by atoms with van der Waals surface area (Å²) >= 11 is 0. The molecule has 0 bridgehead atoms. The topological polar surface area (TPSA) is 72.3 Å². The van der Waals surface area contributed by atoms with Crippen molar-refractivity contribution in [2.45, 2.75) is 13.0 Å². The largest absolute Gasteiger partial charge is 0.337 e. The Morgan fingerprint density at radius 1 is 1.19 bits per heavy atom. The number of nitrogens with two attached hydrogens (primary N) is 2. The third-order valence-corrected chi connectivity index (χ3v) is 2.38. The highest BCUT2D eigenvalue weighted by atomic mass is 16.2. The first kappa shape index (κ1) is 12.7. The molecule has 4 N–H and O–H groups in total. The van der Waals surface area contributed by atoms with Crippen molar-refractivity contribution in [2.24, 2.45) is 11.5 Å². The van der Waals surface area contributed by atoms with Crippen LogP contribution in [0.3, 0.4) is 0 Å². The summed E-state index contributed by atoms with van der Waals surface area (Å²) < 4.78 is 0. The third-order valence-electron chi connectivity index (χ3n) is 2.38. The highest BCUT2D eigenvalue weighted by Gasteiger charge is 2.11. The molecule has 0 aromatic heterocycles. The molecule has 1 rings (SSSR count). The van der Waals surface area contributed by atoms with Gasteiger partial charge >= 0.3 is 0 Å². The minimum absolute atomic E-state index is 0.0303. The second kappa shape index (κ2) is 6.98. The number of rotatable bonds is 6. The number of nitrogens with zero attached hydrogens (tertiary/aromatic N) is 1. The molecule has 0 unspecified atom stereocenters. The van der Waals surface area contributed by atoms with E-state index in [-0.39, 0.29) is 12.5 Å². The van der Waals surface area contributed by atoms with Crippen LogP contribution < -0.4 is 11.5 Å². The van der Waals surface area contributed by atoms with Crippen molar-refractivity contribution in [2.75, 3.05) is 19.6 Å². The molecule has 0 saturated heterocycles. The fourth-order valence-electron chi connectivity index (χ4n) is 1.51. The second-order valence-electron chi connectivity index (χ2n) is 3.65. The summed E-state index contributed by atoms with van der Waals surface area (Å²) in [7, 11) is 0. The average molecular weight is 221 g/mol. The number of carbonyl (C=O) groups is 1. The van der Waals surface area contributed by atoms with E-state index in [2.05, 4.69) is 0 Å². The Labute approximate surface area is 96.2 Å². The van der Waals surface area contributed by atoms with Crippen molar-refractivity contribution < 1.29 is 4.79 Å². The summed E-state index contributed by atoms with van der Waals surface area (Å²) in [4.78, 5) is 13.3. The van der Waals surface area contributed by atoms with Gasteiger partial charge in [-0.25, -0.2) is 0 Å². The Hall–Kier alpha value is -1.39. The fourth-order valence-corrected chi connectivity index (χ4v) is 1.51. The molecule has 0 aliphatic rings. The van der Waals surface area contributed by atoms with Crippen LogP contribution in [0.4, 0.5) is 0 Å². The molecular weight excluding hydrogens is 202 g/mol.